The van der Waals surface area contributed by atoms with Crippen LogP contribution in [0.2, 0.25) is 0 Å². The Morgan fingerprint density at radius 3 is 2.50 bits per heavy atom. The third-order valence-electron chi connectivity index (χ3n) is 2.50. The van der Waals surface area contributed by atoms with Gasteiger partial charge in [-0.1, -0.05) is 0 Å². The second-order valence-electron chi connectivity index (χ2n) is 3.99. The standard InChI is InChI=1S/C11H10F3N3O/c1-6-4-10(18)17(16-6)9-3-2-7(5-8(9)15)11(12,13)14/h2-3,5H,4,15H2,1H3. The average molecular weight is 257 g/mol. The van der Waals surface area contributed by atoms with Gasteiger partial charge in [-0.05, 0) is 25.1 Å². The number of hydrogen-bond donors (Lipinski definition) is 1. The second-order valence-corrected chi connectivity index (χ2v) is 3.99. The van der Waals surface area contributed by atoms with Crippen LogP contribution in [0.25, 0.3) is 0 Å². The number of nitrogens with zero attached hydrogens (tertiary/aromatic N) is 2. The second kappa shape index (κ2) is 4.01. The first-order valence-electron chi connectivity index (χ1n) is 5.13. The van der Waals surface area contributed by atoms with E-state index in [1.54, 1.807) is 6.92 Å². The van der Waals surface area contributed by atoms with Crippen molar-refractivity contribution in [2.75, 3.05) is 10.7 Å². The topological polar surface area (TPSA) is 58.7 Å². The molecule has 18 heavy (non-hydrogen) atoms. The lowest BCUT2D eigenvalue weighted by Gasteiger charge is -2.16. The zero-order chi connectivity index (χ0) is 13.5. The summed E-state index contributed by atoms with van der Waals surface area (Å²) in [6.07, 6.45) is -4.30. The van der Waals surface area contributed by atoms with Crippen LogP contribution in [-0.4, -0.2) is 11.6 Å². The highest BCUT2D eigenvalue weighted by atomic mass is 19.4. The Balaban J connectivity index is 2.40. The number of carbonyl (C=O) groups is 1. The zero-order valence-electron chi connectivity index (χ0n) is 9.45. The van der Waals surface area contributed by atoms with Crippen molar-refractivity contribution in [3.05, 3.63) is 23.8 Å². The van der Waals surface area contributed by atoms with Crippen molar-refractivity contribution < 1.29 is 18.0 Å². The van der Waals surface area contributed by atoms with Gasteiger partial charge in [0.15, 0.2) is 0 Å². The Kier molecular flexibility index (Phi) is 2.76. The number of nitrogens with two attached hydrogens (primary N) is 1. The Hall–Kier alpha value is -2.05. The molecule has 1 amide bonds. The molecule has 2 N–H and O–H groups in total. The molecule has 1 heterocycles. The maximum Gasteiger partial charge on any atom is 0.416 e. The van der Waals surface area contributed by atoms with Crippen molar-refractivity contribution in [2.24, 2.45) is 5.10 Å². The maximum atomic E-state index is 12.5. The van der Waals surface area contributed by atoms with Gasteiger partial charge >= 0.3 is 6.18 Å². The normalized spacial score (nSPS) is 16.1. The fourth-order valence-corrected chi connectivity index (χ4v) is 1.67. The van der Waals surface area contributed by atoms with Crippen LogP contribution >= 0.6 is 0 Å². The lowest BCUT2D eigenvalue weighted by Crippen LogP contribution is -2.21. The van der Waals surface area contributed by atoms with Crippen LogP contribution in [0.3, 0.4) is 0 Å². The first kappa shape index (κ1) is 12.4. The zero-order valence-corrected chi connectivity index (χ0v) is 9.45. The highest BCUT2D eigenvalue weighted by Gasteiger charge is 2.32. The van der Waals surface area contributed by atoms with Gasteiger partial charge in [0.2, 0.25) is 0 Å². The van der Waals surface area contributed by atoms with E-state index < -0.39 is 11.7 Å². The Labute approximate surface area is 101 Å². The van der Waals surface area contributed by atoms with Crippen LogP contribution in [0.5, 0.6) is 0 Å². The maximum absolute atomic E-state index is 12.5. The molecule has 0 unspecified atom stereocenters. The van der Waals surface area contributed by atoms with Crippen molar-refractivity contribution in [3.63, 3.8) is 0 Å². The molecule has 0 radical (unpaired) electrons. The van der Waals surface area contributed by atoms with Crippen LogP contribution in [0.4, 0.5) is 24.5 Å². The molecule has 7 heteroatoms. The van der Waals surface area contributed by atoms with Crippen LogP contribution in [-0.2, 0) is 11.0 Å². The molecule has 0 saturated heterocycles. The number of anilines is 2. The molecular weight excluding hydrogens is 247 g/mol. The first-order chi connectivity index (χ1) is 8.29. The summed E-state index contributed by atoms with van der Waals surface area (Å²) in [5.74, 6) is -0.307. The molecule has 4 nitrogen and oxygen atoms in total. The van der Waals surface area contributed by atoms with E-state index in [0.29, 0.717) is 5.71 Å². The minimum absolute atomic E-state index is 0.128. The van der Waals surface area contributed by atoms with Crippen molar-refractivity contribution in [1.29, 1.82) is 0 Å². The van der Waals surface area contributed by atoms with E-state index in [-0.39, 0.29) is 23.7 Å². The summed E-state index contributed by atoms with van der Waals surface area (Å²) in [4.78, 5) is 11.6. The predicted octanol–water partition coefficient (Wildman–Crippen LogP) is 2.40. The SMILES string of the molecule is CC1=NN(c2ccc(C(F)(F)F)cc2N)C(=O)C1. The summed E-state index contributed by atoms with van der Waals surface area (Å²) in [5.41, 5.74) is 5.33. The third kappa shape index (κ3) is 2.15. The number of alkyl halides is 3. The molecular formula is C11H10F3N3O. The smallest absolute Gasteiger partial charge is 0.397 e. The Bertz CT molecular complexity index is 537. The van der Waals surface area contributed by atoms with Crippen molar-refractivity contribution in [2.45, 2.75) is 19.5 Å². The molecule has 96 valence electrons. The van der Waals surface area contributed by atoms with Gasteiger partial charge in [-0.15, -0.1) is 0 Å². The van der Waals surface area contributed by atoms with Gasteiger partial charge in [-0.25, -0.2) is 0 Å². The summed E-state index contributed by atoms with van der Waals surface area (Å²) in [6.45, 7) is 1.66. The van der Waals surface area contributed by atoms with E-state index in [2.05, 4.69) is 5.10 Å². The number of benzene rings is 1. The number of amides is 1. The fourth-order valence-electron chi connectivity index (χ4n) is 1.67. The molecule has 1 aliphatic rings. The number of carbonyl (C=O) groups excluding carboxylic acids is 1. The molecule has 0 saturated carbocycles. The highest BCUT2D eigenvalue weighted by Crippen LogP contribution is 2.35. The van der Waals surface area contributed by atoms with E-state index in [0.717, 1.165) is 23.2 Å². The largest absolute Gasteiger partial charge is 0.416 e. The minimum Gasteiger partial charge on any atom is -0.397 e. The number of nitrogen functional groups attached to an aromatic ring is 1. The van der Waals surface area contributed by atoms with Gasteiger partial charge in [0.1, 0.15) is 0 Å². The third-order valence-corrected chi connectivity index (χ3v) is 2.50. The van der Waals surface area contributed by atoms with E-state index in [4.69, 9.17) is 5.73 Å². The van der Waals surface area contributed by atoms with Crippen LogP contribution < -0.4 is 10.7 Å². The number of halogens is 3. The van der Waals surface area contributed by atoms with E-state index in [9.17, 15) is 18.0 Å². The molecule has 0 fully saturated rings. The molecule has 2 rings (SSSR count). The van der Waals surface area contributed by atoms with E-state index in [1.807, 2.05) is 0 Å². The molecule has 0 bridgehead atoms. The summed E-state index contributed by atoms with van der Waals surface area (Å²) in [5, 5.41) is 4.96. The van der Waals surface area contributed by atoms with Crippen molar-refractivity contribution >= 4 is 23.0 Å². The average Bonchev–Trinajstić information content (AvgIpc) is 2.56. The van der Waals surface area contributed by atoms with Gasteiger partial charge in [0.05, 0.1) is 23.4 Å². The molecule has 1 aromatic rings. The van der Waals surface area contributed by atoms with Gasteiger partial charge < -0.3 is 5.73 Å². The molecule has 1 aliphatic heterocycles. The highest BCUT2D eigenvalue weighted by molar-refractivity contribution is 6.13. The summed E-state index contributed by atoms with van der Waals surface area (Å²) in [6, 6.07) is 2.83. The monoisotopic (exact) mass is 257 g/mol. The number of hydrogen-bond acceptors (Lipinski definition) is 3. The molecule has 0 atom stereocenters. The van der Waals surface area contributed by atoms with E-state index in [1.165, 1.54) is 0 Å². The predicted molar refractivity (Wildman–Crippen MR) is 61.1 cm³/mol. The Morgan fingerprint density at radius 1 is 1.39 bits per heavy atom. The molecule has 1 aromatic carbocycles. The first-order valence-corrected chi connectivity index (χ1v) is 5.13. The number of rotatable bonds is 1. The van der Waals surface area contributed by atoms with Gasteiger partial charge in [0.25, 0.3) is 5.91 Å². The summed E-state index contributed by atoms with van der Waals surface area (Å²) >= 11 is 0. The molecule has 0 aliphatic carbocycles. The lowest BCUT2D eigenvalue weighted by molar-refractivity contribution is -0.137. The van der Waals surface area contributed by atoms with Gasteiger partial charge in [-0.2, -0.15) is 23.3 Å². The van der Waals surface area contributed by atoms with E-state index >= 15 is 0 Å². The van der Waals surface area contributed by atoms with Crippen molar-refractivity contribution in [1.82, 2.24) is 0 Å². The quantitative estimate of drug-likeness (QED) is 0.785. The molecule has 0 spiro atoms. The fraction of sp³-hybridized carbons (Fsp3) is 0.273. The van der Waals surface area contributed by atoms with Crippen LogP contribution in [0.1, 0.15) is 18.9 Å². The Morgan fingerprint density at radius 2 is 2.06 bits per heavy atom. The lowest BCUT2D eigenvalue weighted by atomic mass is 10.1. The molecule has 0 aromatic heterocycles. The van der Waals surface area contributed by atoms with Crippen LogP contribution in [0, 0.1) is 0 Å². The van der Waals surface area contributed by atoms with Gasteiger partial charge in [-0.3, -0.25) is 4.79 Å². The minimum atomic E-state index is -4.46. The number of hydrazone groups is 1. The van der Waals surface area contributed by atoms with Crippen LogP contribution in [0.15, 0.2) is 23.3 Å². The van der Waals surface area contributed by atoms with Gasteiger partial charge in [0, 0.05) is 5.71 Å². The summed E-state index contributed by atoms with van der Waals surface area (Å²) < 4.78 is 37.4. The van der Waals surface area contributed by atoms with Crippen molar-refractivity contribution in [3.8, 4) is 0 Å². The summed E-state index contributed by atoms with van der Waals surface area (Å²) in [7, 11) is 0.